The van der Waals surface area contributed by atoms with E-state index in [1.807, 2.05) is 11.8 Å². The van der Waals surface area contributed by atoms with Crippen LogP contribution in [0.2, 0.25) is 0 Å². The summed E-state index contributed by atoms with van der Waals surface area (Å²) in [6, 6.07) is 5.22. The molecule has 0 unspecified atom stereocenters. The number of benzene rings is 1. The van der Waals surface area contributed by atoms with E-state index in [1.165, 1.54) is 6.42 Å². The summed E-state index contributed by atoms with van der Waals surface area (Å²) in [7, 11) is -3.54. The van der Waals surface area contributed by atoms with E-state index in [0.29, 0.717) is 24.4 Å². The van der Waals surface area contributed by atoms with Crippen LogP contribution in [-0.2, 0) is 26.0 Å². The first-order chi connectivity index (χ1) is 15.4. The van der Waals surface area contributed by atoms with Crippen LogP contribution < -0.4 is 4.90 Å². The van der Waals surface area contributed by atoms with E-state index in [1.54, 1.807) is 27.4 Å². The van der Waals surface area contributed by atoms with Gasteiger partial charge in [-0.15, -0.1) is 0 Å². The third-order valence-corrected chi connectivity index (χ3v) is 9.11. The number of fused-ring (bicyclic) bond motifs is 1. The summed E-state index contributed by atoms with van der Waals surface area (Å²) in [5.41, 5.74) is 1.68. The molecule has 0 spiro atoms. The zero-order chi connectivity index (χ0) is 22.7. The molecule has 3 aliphatic heterocycles. The number of rotatable bonds is 6. The predicted octanol–water partition coefficient (Wildman–Crippen LogP) is 3.32. The highest BCUT2D eigenvalue weighted by molar-refractivity contribution is 7.89. The van der Waals surface area contributed by atoms with Crippen LogP contribution in [0.4, 0.5) is 5.69 Å². The van der Waals surface area contributed by atoms with Crippen LogP contribution in [0.15, 0.2) is 23.1 Å². The topological polar surface area (TPSA) is 78.0 Å². The van der Waals surface area contributed by atoms with Crippen LogP contribution in [0.25, 0.3) is 0 Å². The molecule has 3 aliphatic rings. The molecule has 1 aromatic rings. The van der Waals surface area contributed by atoms with Gasteiger partial charge in [-0.3, -0.25) is 9.59 Å². The monoisotopic (exact) mass is 461 g/mol. The summed E-state index contributed by atoms with van der Waals surface area (Å²) in [6.45, 7) is 4.75. The Bertz CT molecular complexity index is 956. The number of likely N-dealkylation sites (tertiary alicyclic amines) is 1. The molecule has 0 radical (unpaired) electrons. The highest BCUT2D eigenvalue weighted by Crippen LogP contribution is 2.33. The van der Waals surface area contributed by atoms with Gasteiger partial charge in [0.05, 0.1) is 4.90 Å². The van der Waals surface area contributed by atoms with Crippen molar-refractivity contribution in [3.05, 3.63) is 23.8 Å². The predicted molar refractivity (Wildman–Crippen MR) is 124 cm³/mol. The first-order valence-corrected chi connectivity index (χ1v) is 13.6. The van der Waals surface area contributed by atoms with Gasteiger partial charge in [0.15, 0.2) is 0 Å². The van der Waals surface area contributed by atoms with Crippen LogP contribution in [-0.4, -0.2) is 61.7 Å². The molecule has 7 nitrogen and oxygen atoms in total. The molecule has 1 atom stereocenters. The van der Waals surface area contributed by atoms with Gasteiger partial charge in [-0.25, -0.2) is 8.42 Å². The Morgan fingerprint density at radius 3 is 2.41 bits per heavy atom. The van der Waals surface area contributed by atoms with E-state index in [2.05, 4.69) is 0 Å². The number of anilines is 1. The van der Waals surface area contributed by atoms with Crippen molar-refractivity contribution in [2.75, 3.05) is 31.1 Å². The lowest BCUT2D eigenvalue weighted by molar-refractivity contribution is -0.133. The molecular weight excluding hydrogens is 426 g/mol. The molecule has 0 bridgehead atoms. The average Bonchev–Trinajstić information content (AvgIpc) is 3.26. The van der Waals surface area contributed by atoms with Gasteiger partial charge in [0.2, 0.25) is 21.8 Å². The summed E-state index contributed by atoms with van der Waals surface area (Å²) >= 11 is 0. The Morgan fingerprint density at radius 2 is 1.66 bits per heavy atom. The van der Waals surface area contributed by atoms with Gasteiger partial charge in [0.1, 0.15) is 0 Å². The maximum Gasteiger partial charge on any atom is 0.243 e. The van der Waals surface area contributed by atoms with E-state index >= 15 is 0 Å². The molecule has 0 saturated carbocycles. The second kappa shape index (κ2) is 9.91. The summed E-state index contributed by atoms with van der Waals surface area (Å²) in [5.74, 6) is -0.00212. The average molecular weight is 462 g/mol. The number of nitrogens with zero attached hydrogens (tertiary/aromatic N) is 3. The Kier molecular flexibility index (Phi) is 7.20. The molecule has 3 heterocycles. The lowest BCUT2D eigenvalue weighted by Crippen LogP contribution is -2.43. The molecule has 1 aromatic carbocycles. The van der Waals surface area contributed by atoms with Crippen molar-refractivity contribution in [1.82, 2.24) is 9.21 Å². The highest BCUT2D eigenvalue weighted by atomic mass is 32.2. The van der Waals surface area contributed by atoms with E-state index in [4.69, 9.17) is 0 Å². The number of amides is 2. The summed E-state index contributed by atoms with van der Waals surface area (Å²) in [4.78, 5) is 29.1. The summed E-state index contributed by atoms with van der Waals surface area (Å²) in [5, 5.41) is 0. The Labute approximate surface area is 191 Å². The second-order valence-electron chi connectivity index (χ2n) is 9.20. The number of carbonyl (C=O) groups is 2. The lowest BCUT2D eigenvalue weighted by atomic mass is 10.0. The Hall–Kier alpha value is -1.93. The summed E-state index contributed by atoms with van der Waals surface area (Å²) < 4.78 is 28.3. The fourth-order valence-electron chi connectivity index (χ4n) is 5.28. The maximum atomic E-state index is 13.3. The van der Waals surface area contributed by atoms with Gasteiger partial charge in [0.25, 0.3) is 0 Å². The molecule has 0 N–H and O–H groups in total. The quantitative estimate of drug-likeness (QED) is 0.651. The molecule has 2 amide bonds. The normalized spacial score (nSPS) is 22.1. The van der Waals surface area contributed by atoms with Gasteiger partial charge < -0.3 is 9.80 Å². The summed E-state index contributed by atoms with van der Waals surface area (Å²) in [6.07, 6.45) is 8.05. The van der Waals surface area contributed by atoms with E-state index in [-0.39, 0.29) is 30.7 Å². The van der Waals surface area contributed by atoms with Crippen molar-refractivity contribution >= 4 is 27.5 Å². The third kappa shape index (κ3) is 4.71. The first kappa shape index (κ1) is 23.2. The Balaban J connectivity index is 1.43. The standard InChI is InChI=1S/C24H35N3O4S/c1-2-20-8-4-7-16-27(20)32(30,31)21-9-10-22-19(18-21)13-17-26(22)24(29)12-11-23(28)25-14-5-3-6-15-25/h9-10,18,20H,2-8,11-17H2,1H3/t20-/m1/s1. The van der Waals surface area contributed by atoms with E-state index < -0.39 is 10.0 Å². The number of sulfonamides is 1. The first-order valence-electron chi connectivity index (χ1n) is 12.1. The number of hydrogen-bond acceptors (Lipinski definition) is 4. The molecule has 4 rings (SSSR count). The van der Waals surface area contributed by atoms with Crippen molar-refractivity contribution < 1.29 is 18.0 Å². The molecule has 2 saturated heterocycles. The van der Waals surface area contributed by atoms with Gasteiger partial charge in [-0.05, 0) is 68.7 Å². The van der Waals surface area contributed by atoms with Gasteiger partial charge >= 0.3 is 0 Å². The molecule has 176 valence electrons. The number of hydrogen-bond donors (Lipinski definition) is 0. The number of carbonyl (C=O) groups excluding carboxylic acids is 2. The smallest absolute Gasteiger partial charge is 0.243 e. The zero-order valence-electron chi connectivity index (χ0n) is 19.1. The minimum Gasteiger partial charge on any atom is -0.343 e. The molecular formula is C24H35N3O4S. The lowest BCUT2D eigenvalue weighted by Gasteiger charge is -2.34. The fourth-order valence-corrected chi connectivity index (χ4v) is 7.10. The van der Waals surface area contributed by atoms with Crippen LogP contribution in [0.3, 0.4) is 0 Å². The van der Waals surface area contributed by atoms with Crippen molar-refractivity contribution in [2.45, 2.75) is 82.1 Å². The van der Waals surface area contributed by atoms with Crippen LogP contribution in [0.1, 0.15) is 70.3 Å². The Morgan fingerprint density at radius 1 is 0.938 bits per heavy atom. The van der Waals surface area contributed by atoms with Crippen LogP contribution in [0, 0.1) is 0 Å². The molecule has 8 heteroatoms. The van der Waals surface area contributed by atoms with E-state index in [0.717, 1.165) is 62.9 Å². The second-order valence-corrected chi connectivity index (χ2v) is 11.1. The van der Waals surface area contributed by atoms with Gasteiger partial charge in [0, 0.05) is 50.7 Å². The number of piperidine rings is 2. The van der Waals surface area contributed by atoms with Crippen molar-refractivity contribution in [3.63, 3.8) is 0 Å². The SMILES string of the molecule is CC[C@@H]1CCCCN1S(=O)(=O)c1ccc2c(c1)CCN2C(=O)CCC(=O)N1CCCCC1. The van der Waals surface area contributed by atoms with Gasteiger partial charge in [-0.1, -0.05) is 13.3 Å². The molecule has 2 fully saturated rings. The molecule has 0 aliphatic carbocycles. The third-order valence-electron chi connectivity index (χ3n) is 7.16. The fraction of sp³-hybridized carbons (Fsp3) is 0.667. The van der Waals surface area contributed by atoms with Crippen molar-refractivity contribution in [1.29, 1.82) is 0 Å². The van der Waals surface area contributed by atoms with Crippen molar-refractivity contribution in [2.24, 2.45) is 0 Å². The molecule has 0 aromatic heterocycles. The highest BCUT2D eigenvalue weighted by Gasteiger charge is 2.34. The largest absolute Gasteiger partial charge is 0.343 e. The minimum absolute atomic E-state index is 0.0610. The minimum atomic E-state index is -3.54. The van der Waals surface area contributed by atoms with Crippen LogP contribution in [0.5, 0.6) is 0 Å². The van der Waals surface area contributed by atoms with E-state index in [9.17, 15) is 18.0 Å². The van der Waals surface area contributed by atoms with Crippen molar-refractivity contribution in [3.8, 4) is 0 Å². The van der Waals surface area contributed by atoms with Crippen LogP contribution >= 0.6 is 0 Å². The zero-order valence-corrected chi connectivity index (χ0v) is 19.9. The maximum absolute atomic E-state index is 13.3. The molecule has 32 heavy (non-hydrogen) atoms. The van der Waals surface area contributed by atoms with Gasteiger partial charge in [-0.2, -0.15) is 4.31 Å².